The minimum Gasteiger partial charge on any atom is -0.479 e. The van der Waals surface area contributed by atoms with Gasteiger partial charge in [-0.1, -0.05) is 6.58 Å². The Hall–Kier alpha value is -1.70. The van der Waals surface area contributed by atoms with Gasteiger partial charge in [-0.05, 0) is 5.57 Å². The van der Waals surface area contributed by atoms with Crippen molar-refractivity contribution in [3.05, 3.63) is 12.2 Å². The fourth-order valence-corrected chi connectivity index (χ4v) is 3.77. The topological polar surface area (TPSA) is 104 Å². The van der Waals surface area contributed by atoms with Crippen molar-refractivity contribution < 1.29 is 23.7 Å². The van der Waals surface area contributed by atoms with E-state index in [9.17, 15) is 18.6 Å². The molecule has 0 saturated carbocycles. The summed E-state index contributed by atoms with van der Waals surface area (Å²) in [7, 11) is -1.43. The summed E-state index contributed by atoms with van der Waals surface area (Å²) >= 11 is 0. The predicted molar refractivity (Wildman–Crippen MR) is 57.2 cm³/mol. The van der Waals surface area contributed by atoms with Crippen LogP contribution in [0.2, 0.25) is 0 Å². The number of carbonyl (C=O) groups excluding carboxylic acids is 2. The van der Waals surface area contributed by atoms with Crippen molar-refractivity contribution in [1.29, 1.82) is 0 Å². The van der Waals surface area contributed by atoms with E-state index in [2.05, 4.69) is 11.9 Å². The molecule has 0 unspecified atom stereocenters. The summed E-state index contributed by atoms with van der Waals surface area (Å²) in [5, 5.41) is 10.5. The first-order valence-corrected chi connectivity index (χ1v) is 6.16. The van der Waals surface area contributed by atoms with Gasteiger partial charge in [0, 0.05) is 5.75 Å². The average molecular weight is 258 g/mol. The average Bonchev–Trinajstić information content (AvgIpc) is 2.25. The van der Waals surface area contributed by atoms with Gasteiger partial charge in [0.1, 0.15) is 11.4 Å². The Morgan fingerprint density at radius 2 is 2.29 bits per heavy atom. The summed E-state index contributed by atoms with van der Waals surface area (Å²) < 4.78 is 11.8. The number of rotatable bonds is 3. The van der Waals surface area contributed by atoms with Gasteiger partial charge in [0.15, 0.2) is 6.04 Å². The van der Waals surface area contributed by atoms with Crippen LogP contribution in [0, 0.1) is 0 Å². The van der Waals surface area contributed by atoms with Gasteiger partial charge in [0.05, 0.1) is 10.8 Å². The molecule has 2 fully saturated rings. The molecule has 92 valence electrons. The Balaban J connectivity index is 2.30. The second-order valence-corrected chi connectivity index (χ2v) is 5.36. The Bertz CT molecular complexity index is 449. The highest BCUT2D eigenvalue weighted by Gasteiger charge is 2.58. The molecule has 8 heteroatoms. The van der Waals surface area contributed by atoms with Crippen LogP contribution in [0.1, 0.15) is 0 Å². The van der Waals surface area contributed by atoms with Crippen molar-refractivity contribution in [2.75, 3.05) is 5.75 Å². The summed E-state index contributed by atoms with van der Waals surface area (Å²) in [6.45, 7) is 3.53. The van der Waals surface area contributed by atoms with Crippen molar-refractivity contribution in [3.8, 4) is 0 Å². The smallest absolute Gasteiger partial charge is 0.330 e. The van der Waals surface area contributed by atoms with Gasteiger partial charge in [-0.3, -0.25) is 13.8 Å². The van der Waals surface area contributed by atoms with Crippen LogP contribution < -0.4 is 5.32 Å². The number of nitrogens with zero attached hydrogens (tertiary/aromatic N) is 1. The molecule has 7 nitrogen and oxygen atoms in total. The van der Waals surface area contributed by atoms with Gasteiger partial charge in [-0.25, -0.2) is 4.79 Å². The molecule has 4 atom stereocenters. The fourth-order valence-electron chi connectivity index (χ4n) is 2.10. The van der Waals surface area contributed by atoms with Crippen LogP contribution in [0.15, 0.2) is 12.2 Å². The first kappa shape index (κ1) is 11.8. The molecule has 0 spiro atoms. The SMILES string of the molecule is C=C1C[S@](=O)[C@@H]2[C@H](NC=O)C(=O)N2[C@H]1C(=O)O. The minimum atomic E-state index is -1.43. The molecule has 0 aromatic carbocycles. The van der Waals surface area contributed by atoms with Gasteiger partial charge in [0.25, 0.3) is 0 Å². The number of carboxylic acids is 1. The van der Waals surface area contributed by atoms with E-state index in [0.717, 1.165) is 4.90 Å². The maximum absolute atomic E-state index is 11.8. The fraction of sp³-hybridized carbons (Fsp3) is 0.444. The number of carbonyl (C=O) groups is 3. The molecule has 0 aromatic heterocycles. The van der Waals surface area contributed by atoms with E-state index in [1.807, 2.05) is 0 Å². The number of carboxylic acid groups (broad SMARTS) is 1. The molecule has 0 radical (unpaired) electrons. The Labute approximate surface area is 98.9 Å². The zero-order valence-electron chi connectivity index (χ0n) is 8.66. The largest absolute Gasteiger partial charge is 0.479 e. The second kappa shape index (κ2) is 3.95. The highest BCUT2D eigenvalue weighted by Crippen LogP contribution is 2.33. The van der Waals surface area contributed by atoms with Crippen LogP contribution in [-0.4, -0.2) is 55.7 Å². The summed E-state index contributed by atoms with van der Waals surface area (Å²) in [5.41, 5.74) is 0.241. The normalized spacial score (nSPS) is 35.9. The molecule has 2 saturated heterocycles. The standard InChI is InChI=1S/C9H10N2O5S/c1-4-2-17(16)8-5(10-3-12)7(13)11(8)6(4)9(14)15/h3,5-6,8H,1-2H2,(H,10,12)(H,14,15)/t5-,6-,8-,17+/m1/s1. The third-order valence-electron chi connectivity index (χ3n) is 2.82. The molecule has 2 aliphatic rings. The molecule has 2 heterocycles. The van der Waals surface area contributed by atoms with Gasteiger partial charge < -0.3 is 15.3 Å². The molecule has 2 amide bonds. The third kappa shape index (κ3) is 1.55. The number of nitrogens with one attached hydrogen (secondary N) is 1. The van der Waals surface area contributed by atoms with Crippen LogP contribution in [0.5, 0.6) is 0 Å². The van der Waals surface area contributed by atoms with Gasteiger partial charge >= 0.3 is 5.97 Å². The van der Waals surface area contributed by atoms with Crippen LogP contribution in [0.3, 0.4) is 0 Å². The van der Waals surface area contributed by atoms with Crippen molar-refractivity contribution in [3.63, 3.8) is 0 Å². The van der Waals surface area contributed by atoms with Gasteiger partial charge in [-0.15, -0.1) is 0 Å². The van der Waals surface area contributed by atoms with Crippen molar-refractivity contribution >= 4 is 29.1 Å². The summed E-state index contributed by atoms with van der Waals surface area (Å²) in [4.78, 5) is 34.0. The van der Waals surface area contributed by atoms with E-state index in [0.29, 0.717) is 6.41 Å². The Kier molecular flexibility index (Phi) is 2.74. The second-order valence-electron chi connectivity index (χ2n) is 3.82. The number of hydrogen-bond acceptors (Lipinski definition) is 4. The lowest BCUT2D eigenvalue weighted by atomic mass is 9.99. The number of aliphatic carboxylic acids is 1. The molecular weight excluding hydrogens is 248 g/mol. The molecule has 2 N–H and O–H groups in total. The van der Waals surface area contributed by atoms with Crippen molar-refractivity contribution in [2.24, 2.45) is 0 Å². The van der Waals surface area contributed by atoms with Crippen LogP contribution >= 0.6 is 0 Å². The van der Waals surface area contributed by atoms with Crippen molar-refractivity contribution in [1.82, 2.24) is 10.2 Å². The van der Waals surface area contributed by atoms with Gasteiger partial charge in [-0.2, -0.15) is 0 Å². The van der Waals surface area contributed by atoms with E-state index >= 15 is 0 Å². The van der Waals surface area contributed by atoms with Crippen LogP contribution in [-0.2, 0) is 25.2 Å². The third-order valence-corrected chi connectivity index (χ3v) is 4.52. The monoisotopic (exact) mass is 258 g/mol. The van der Waals surface area contributed by atoms with E-state index in [4.69, 9.17) is 5.11 Å². The highest BCUT2D eigenvalue weighted by molar-refractivity contribution is 7.86. The number of fused-ring (bicyclic) bond motifs is 1. The zero-order valence-corrected chi connectivity index (χ0v) is 9.48. The molecule has 2 aliphatic heterocycles. The van der Waals surface area contributed by atoms with Gasteiger partial charge in [0.2, 0.25) is 12.3 Å². The van der Waals surface area contributed by atoms with E-state index < -0.39 is 40.1 Å². The Morgan fingerprint density at radius 1 is 1.65 bits per heavy atom. The summed E-state index contributed by atoms with van der Waals surface area (Å²) in [5.74, 6) is -1.71. The first-order chi connectivity index (χ1) is 7.99. The van der Waals surface area contributed by atoms with Crippen LogP contribution in [0.25, 0.3) is 0 Å². The number of amides is 2. The summed E-state index contributed by atoms with van der Waals surface area (Å²) in [6.07, 6.45) is 0.344. The maximum atomic E-state index is 11.8. The van der Waals surface area contributed by atoms with E-state index in [1.165, 1.54) is 0 Å². The molecular formula is C9H10N2O5S. The first-order valence-electron chi connectivity index (χ1n) is 4.78. The number of β-lactam (4-membered cyclic amide) rings is 1. The molecule has 0 aliphatic carbocycles. The zero-order chi connectivity index (χ0) is 12.7. The predicted octanol–water partition coefficient (Wildman–Crippen LogP) is -1.96. The lowest BCUT2D eigenvalue weighted by molar-refractivity contribution is -0.159. The molecule has 0 aromatic rings. The Morgan fingerprint density at radius 3 is 2.82 bits per heavy atom. The maximum Gasteiger partial charge on any atom is 0.330 e. The van der Waals surface area contributed by atoms with E-state index in [-0.39, 0.29) is 11.3 Å². The molecule has 17 heavy (non-hydrogen) atoms. The lowest BCUT2D eigenvalue weighted by Gasteiger charge is -2.51. The molecule has 0 bridgehead atoms. The highest BCUT2D eigenvalue weighted by atomic mass is 32.2. The molecule has 2 rings (SSSR count). The lowest BCUT2D eigenvalue weighted by Crippen LogP contribution is -2.76. The van der Waals surface area contributed by atoms with Crippen LogP contribution in [0.4, 0.5) is 0 Å². The van der Waals surface area contributed by atoms with Crippen molar-refractivity contribution in [2.45, 2.75) is 17.5 Å². The minimum absolute atomic E-state index is 0.0302. The number of hydrogen-bond donors (Lipinski definition) is 2. The van der Waals surface area contributed by atoms with E-state index in [1.54, 1.807) is 0 Å². The quantitative estimate of drug-likeness (QED) is 0.347. The summed E-state index contributed by atoms with van der Waals surface area (Å²) in [6, 6.07) is -2.03.